The number of hydrogen-bond donors (Lipinski definition) is 2. The molecular weight excluding hydrogens is 218 g/mol. The Kier molecular flexibility index (Phi) is 4.27. The minimum atomic E-state index is -0.340. The highest BCUT2D eigenvalue weighted by Crippen LogP contribution is 2.23. The van der Waals surface area contributed by atoms with Gasteiger partial charge >= 0.3 is 0 Å². The van der Waals surface area contributed by atoms with Crippen LogP contribution in [0, 0.1) is 0 Å². The lowest BCUT2D eigenvalue weighted by Gasteiger charge is -2.29. The highest BCUT2D eigenvalue weighted by Gasteiger charge is 2.21. The Morgan fingerprint density at radius 2 is 2.19 bits per heavy atom. The smallest absolute Gasteiger partial charge is 0.0805 e. The van der Waals surface area contributed by atoms with E-state index in [1.807, 2.05) is 42.1 Å². The maximum Gasteiger partial charge on any atom is 0.0805 e. The summed E-state index contributed by atoms with van der Waals surface area (Å²) < 4.78 is 0. The SMILES string of the molecule is CC1CNC(CC(O)c2ccccc2)CS1. The predicted molar refractivity (Wildman–Crippen MR) is 69.7 cm³/mol. The maximum atomic E-state index is 10.1. The molecule has 1 aliphatic heterocycles. The van der Waals surface area contributed by atoms with Crippen LogP contribution in [0.4, 0.5) is 0 Å². The monoisotopic (exact) mass is 237 g/mol. The molecule has 3 unspecified atom stereocenters. The van der Waals surface area contributed by atoms with Crippen molar-refractivity contribution in [2.24, 2.45) is 0 Å². The molecule has 0 aliphatic carbocycles. The van der Waals surface area contributed by atoms with Crippen LogP contribution in [0.15, 0.2) is 30.3 Å². The molecule has 1 fully saturated rings. The minimum absolute atomic E-state index is 0.340. The summed E-state index contributed by atoms with van der Waals surface area (Å²) >= 11 is 1.99. The van der Waals surface area contributed by atoms with Gasteiger partial charge in [0.15, 0.2) is 0 Å². The van der Waals surface area contributed by atoms with Crippen LogP contribution in [0.5, 0.6) is 0 Å². The minimum Gasteiger partial charge on any atom is -0.388 e. The van der Waals surface area contributed by atoms with Gasteiger partial charge in [0.1, 0.15) is 0 Å². The molecule has 1 aromatic carbocycles. The van der Waals surface area contributed by atoms with Crippen LogP contribution in [-0.4, -0.2) is 28.7 Å². The van der Waals surface area contributed by atoms with Crippen molar-refractivity contribution in [3.8, 4) is 0 Å². The van der Waals surface area contributed by atoms with Crippen LogP contribution in [-0.2, 0) is 0 Å². The van der Waals surface area contributed by atoms with Crippen LogP contribution in [0.2, 0.25) is 0 Å². The van der Waals surface area contributed by atoms with Crippen LogP contribution in [0.1, 0.15) is 25.0 Å². The summed E-state index contributed by atoms with van der Waals surface area (Å²) in [6, 6.07) is 10.4. The van der Waals surface area contributed by atoms with E-state index in [0.29, 0.717) is 11.3 Å². The third-order valence-corrected chi connectivity index (χ3v) is 4.30. The highest BCUT2D eigenvalue weighted by molar-refractivity contribution is 8.00. The second kappa shape index (κ2) is 5.71. The molecule has 16 heavy (non-hydrogen) atoms. The standard InChI is InChI=1S/C13H19NOS/c1-10-8-14-12(9-16-10)7-13(15)11-5-3-2-4-6-11/h2-6,10,12-15H,7-9H2,1H3. The van der Waals surface area contributed by atoms with Crippen molar-refractivity contribution in [3.05, 3.63) is 35.9 Å². The molecule has 0 amide bonds. The van der Waals surface area contributed by atoms with Crippen LogP contribution in [0.25, 0.3) is 0 Å². The second-order valence-corrected chi connectivity index (χ2v) is 5.88. The first-order chi connectivity index (χ1) is 7.75. The first-order valence-corrected chi connectivity index (χ1v) is 6.88. The Morgan fingerprint density at radius 1 is 1.44 bits per heavy atom. The molecule has 0 bridgehead atoms. The average Bonchev–Trinajstić information content (AvgIpc) is 2.33. The topological polar surface area (TPSA) is 32.3 Å². The zero-order valence-corrected chi connectivity index (χ0v) is 10.4. The number of thioether (sulfide) groups is 1. The van der Waals surface area contributed by atoms with E-state index >= 15 is 0 Å². The Balaban J connectivity index is 1.86. The van der Waals surface area contributed by atoms with Gasteiger partial charge in [-0.25, -0.2) is 0 Å². The van der Waals surface area contributed by atoms with Crippen molar-refractivity contribution in [2.75, 3.05) is 12.3 Å². The number of rotatable bonds is 3. The fourth-order valence-electron chi connectivity index (χ4n) is 1.96. The van der Waals surface area contributed by atoms with E-state index in [2.05, 4.69) is 12.2 Å². The summed E-state index contributed by atoms with van der Waals surface area (Å²) in [6.07, 6.45) is 0.469. The lowest BCUT2D eigenvalue weighted by atomic mass is 10.0. The molecule has 1 heterocycles. The summed E-state index contributed by atoms with van der Waals surface area (Å²) in [5.74, 6) is 1.10. The van der Waals surface area contributed by atoms with Crippen molar-refractivity contribution in [3.63, 3.8) is 0 Å². The largest absolute Gasteiger partial charge is 0.388 e. The molecule has 2 rings (SSSR count). The van der Waals surface area contributed by atoms with Gasteiger partial charge < -0.3 is 10.4 Å². The molecule has 3 heteroatoms. The predicted octanol–water partition coefficient (Wildman–Crippen LogP) is 2.20. The third kappa shape index (κ3) is 3.24. The number of aliphatic hydroxyl groups is 1. The zero-order valence-electron chi connectivity index (χ0n) is 9.60. The third-order valence-electron chi connectivity index (χ3n) is 2.97. The lowest BCUT2D eigenvalue weighted by molar-refractivity contribution is 0.154. The molecule has 0 spiro atoms. The fraction of sp³-hybridized carbons (Fsp3) is 0.538. The average molecular weight is 237 g/mol. The van der Waals surface area contributed by atoms with E-state index in [-0.39, 0.29) is 6.10 Å². The lowest BCUT2D eigenvalue weighted by Crippen LogP contribution is -2.41. The molecule has 2 N–H and O–H groups in total. The summed E-state index contributed by atoms with van der Waals surface area (Å²) in [7, 11) is 0. The fourth-order valence-corrected chi connectivity index (χ4v) is 2.99. The normalized spacial score (nSPS) is 27.6. The zero-order chi connectivity index (χ0) is 11.4. The quantitative estimate of drug-likeness (QED) is 0.845. The van der Waals surface area contributed by atoms with Crippen LogP contribution >= 0.6 is 11.8 Å². The second-order valence-electron chi connectivity index (χ2n) is 4.41. The van der Waals surface area contributed by atoms with Gasteiger partial charge in [0, 0.05) is 23.6 Å². The Bertz CT molecular complexity index is 309. The molecule has 0 aromatic heterocycles. The van der Waals surface area contributed by atoms with Crippen molar-refractivity contribution in [1.29, 1.82) is 0 Å². The van der Waals surface area contributed by atoms with Crippen molar-refractivity contribution < 1.29 is 5.11 Å². The van der Waals surface area contributed by atoms with Gasteiger partial charge in [-0.1, -0.05) is 37.3 Å². The van der Waals surface area contributed by atoms with Crippen LogP contribution in [0.3, 0.4) is 0 Å². The van der Waals surface area contributed by atoms with Gasteiger partial charge in [0.25, 0.3) is 0 Å². The van der Waals surface area contributed by atoms with Crippen molar-refractivity contribution >= 4 is 11.8 Å². The van der Waals surface area contributed by atoms with E-state index in [9.17, 15) is 5.11 Å². The highest BCUT2D eigenvalue weighted by atomic mass is 32.2. The molecule has 1 saturated heterocycles. The van der Waals surface area contributed by atoms with Crippen molar-refractivity contribution in [1.82, 2.24) is 5.32 Å². The number of benzene rings is 1. The molecule has 1 aliphatic rings. The summed E-state index contributed by atoms with van der Waals surface area (Å²) in [5.41, 5.74) is 1.02. The Morgan fingerprint density at radius 3 is 2.81 bits per heavy atom. The van der Waals surface area contributed by atoms with Gasteiger partial charge in [-0.05, 0) is 12.0 Å². The summed E-state index contributed by atoms with van der Waals surface area (Å²) in [6.45, 7) is 3.29. The van der Waals surface area contributed by atoms with E-state index in [4.69, 9.17) is 0 Å². The number of nitrogens with one attached hydrogen (secondary N) is 1. The van der Waals surface area contributed by atoms with Gasteiger partial charge in [-0.3, -0.25) is 0 Å². The number of hydrogen-bond acceptors (Lipinski definition) is 3. The van der Waals surface area contributed by atoms with Gasteiger partial charge in [-0.15, -0.1) is 0 Å². The molecule has 1 aromatic rings. The van der Waals surface area contributed by atoms with E-state index in [0.717, 1.165) is 24.3 Å². The summed E-state index contributed by atoms with van der Waals surface area (Å²) in [5, 5.41) is 14.3. The van der Waals surface area contributed by atoms with E-state index in [1.54, 1.807) is 0 Å². The van der Waals surface area contributed by atoms with E-state index < -0.39 is 0 Å². The molecule has 2 nitrogen and oxygen atoms in total. The van der Waals surface area contributed by atoms with Gasteiger partial charge in [-0.2, -0.15) is 11.8 Å². The Labute approximate surface area is 101 Å². The Hall–Kier alpha value is -0.510. The molecule has 0 radical (unpaired) electrons. The molecule has 0 saturated carbocycles. The molecular formula is C13H19NOS. The van der Waals surface area contributed by atoms with Gasteiger partial charge in [0.2, 0.25) is 0 Å². The van der Waals surface area contributed by atoms with Gasteiger partial charge in [0.05, 0.1) is 6.10 Å². The van der Waals surface area contributed by atoms with Crippen LogP contribution < -0.4 is 5.32 Å². The first-order valence-electron chi connectivity index (χ1n) is 5.83. The van der Waals surface area contributed by atoms with Crippen molar-refractivity contribution in [2.45, 2.75) is 30.7 Å². The molecule has 3 atom stereocenters. The molecule has 88 valence electrons. The maximum absolute atomic E-state index is 10.1. The number of aliphatic hydroxyl groups excluding tert-OH is 1. The summed E-state index contributed by atoms with van der Waals surface area (Å²) in [4.78, 5) is 0. The van der Waals surface area contributed by atoms with E-state index in [1.165, 1.54) is 0 Å². The first kappa shape index (κ1) is 12.0.